The van der Waals surface area contributed by atoms with Gasteiger partial charge in [0.1, 0.15) is 11.9 Å². The van der Waals surface area contributed by atoms with Gasteiger partial charge < -0.3 is 0 Å². The SMILES string of the molecule is CCC(N)[n+]1c[nH]cc1C.F[P-](F)(F)(F)(F)F. The number of nitrogens with two attached hydrogens (primary N) is 1. The normalized spacial score (nSPS) is 17.5. The number of hydrogen-bond donors (Lipinski definition) is 2. The maximum absolute atomic E-state index is 10.7. The standard InChI is InChI=1S/C7H13N3.F6P/c1-3-7(8)10-5-9-4-6(10)2;1-7(2,3,4,5)6/h4-5,7H,3,8H2,1-2H3;/q;-1/p+1. The van der Waals surface area contributed by atoms with E-state index in [0.29, 0.717) is 0 Å². The van der Waals surface area contributed by atoms with E-state index in [9.17, 15) is 25.2 Å². The molecule has 17 heavy (non-hydrogen) atoms. The van der Waals surface area contributed by atoms with Gasteiger partial charge in [0, 0.05) is 6.92 Å². The summed E-state index contributed by atoms with van der Waals surface area (Å²) in [6.07, 6.45) is 4.91. The van der Waals surface area contributed by atoms with Crippen LogP contribution in [0.15, 0.2) is 12.5 Å². The summed E-state index contributed by atoms with van der Waals surface area (Å²) in [5.41, 5.74) is 6.96. The molecule has 0 aromatic carbocycles. The number of imidazole rings is 1. The van der Waals surface area contributed by atoms with Crippen molar-refractivity contribution in [3.63, 3.8) is 0 Å². The molecule has 1 aromatic heterocycles. The second kappa shape index (κ2) is 4.13. The minimum atomic E-state index is -10.7. The molecular weight excluding hydrogens is 271 g/mol. The number of rotatable bonds is 2. The summed E-state index contributed by atoms with van der Waals surface area (Å²) in [4.78, 5) is 3.00. The van der Waals surface area contributed by atoms with E-state index in [4.69, 9.17) is 5.73 Å². The molecule has 0 fully saturated rings. The van der Waals surface area contributed by atoms with Gasteiger partial charge in [-0.2, -0.15) is 0 Å². The van der Waals surface area contributed by atoms with Gasteiger partial charge in [-0.15, -0.1) is 0 Å². The zero-order valence-electron chi connectivity index (χ0n) is 9.18. The number of H-pyrrole nitrogens is 1. The average Bonchev–Trinajstić information content (AvgIpc) is 2.44. The Hall–Kier alpha value is -0.820. The van der Waals surface area contributed by atoms with Crippen molar-refractivity contribution < 1.29 is 29.7 Å². The predicted octanol–water partition coefficient (Wildman–Crippen LogP) is 3.86. The molecular formula is C7H14F6N3P. The summed E-state index contributed by atoms with van der Waals surface area (Å²) < 4.78 is 61.2. The van der Waals surface area contributed by atoms with Gasteiger partial charge in [0.15, 0.2) is 6.17 Å². The van der Waals surface area contributed by atoms with Gasteiger partial charge in [0.2, 0.25) is 6.33 Å². The van der Waals surface area contributed by atoms with Crippen LogP contribution in [-0.4, -0.2) is 4.98 Å². The van der Waals surface area contributed by atoms with E-state index in [0.717, 1.165) is 6.42 Å². The fraction of sp³-hybridized carbons (Fsp3) is 0.571. The zero-order chi connectivity index (χ0) is 14.0. The van der Waals surface area contributed by atoms with Crippen LogP contribution in [0.5, 0.6) is 0 Å². The molecule has 0 radical (unpaired) electrons. The van der Waals surface area contributed by atoms with Crippen molar-refractivity contribution in [2.24, 2.45) is 5.73 Å². The molecule has 1 atom stereocenters. The Kier molecular flexibility index (Phi) is 3.93. The first kappa shape index (κ1) is 16.2. The molecule has 0 amide bonds. The van der Waals surface area contributed by atoms with E-state index in [-0.39, 0.29) is 6.17 Å². The molecule has 0 saturated heterocycles. The Bertz CT molecular complexity index is 357. The Morgan fingerprint density at radius 1 is 1.29 bits per heavy atom. The molecule has 10 heteroatoms. The van der Waals surface area contributed by atoms with E-state index in [1.54, 1.807) is 0 Å². The maximum atomic E-state index is 9.87. The van der Waals surface area contributed by atoms with E-state index in [2.05, 4.69) is 11.9 Å². The number of aromatic nitrogens is 2. The Morgan fingerprint density at radius 3 is 1.94 bits per heavy atom. The topological polar surface area (TPSA) is 45.7 Å². The Balaban J connectivity index is 0.000000325. The molecule has 1 rings (SSSR count). The molecule has 104 valence electrons. The first-order valence-electron chi connectivity index (χ1n) is 4.57. The molecule has 3 nitrogen and oxygen atoms in total. The van der Waals surface area contributed by atoms with Crippen molar-refractivity contribution in [2.75, 3.05) is 0 Å². The van der Waals surface area contributed by atoms with Crippen molar-refractivity contribution in [2.45, 2.75) is 26.4 Å². The number of nitrogens with one attached hydrogen (secondary N) is 1. The predicted molar refractivity (Wildman–Crippen MR) is 52.8 cm³/mol. The van der Waals surface area contributed by atoms with E-state index in [1.165, 1.54) is 5.69 Å². The first-order chi connectivity index (χ1) is 7.20. The number of halogens is 6. The molecule has 1 unspecified atom stereocenters. The summed E-state index contributed by atoms with van der Waals surface area (Å²) in [7, 11) is -10.7. The molecule has 0 saturated carbocycles. The number of aromatic amines is 1. The molecule has 0 spiro atoms. The number of aryl methyl sites for hydroxylation is 1. The molecule has 0 bridgehead atoms. The first-order valence-corrected chi connectivity index (χ1v) is 6.60. The second-order valence-electron chi connectivity index (χ2n) is 3.42. The second-order valence-corrected chi connectivity index (χ2v) is 5.34. The van der Waals surface area contributed by atoms with Gasteiger partial charge in [-0.3, -0.25) is 5.73 Å². The van der Waals surface area contributed by atoms with Crippen molar-refractivity contribution in [1.82, 2.24) is 4.98 Å². The monoisotopic (exact) mass is 285 g/mol. The zero-order valence-corrected chi connectivity index (χ0v) is 10.1. The molecule has 0 aliphatic heterocycles. The molecule has 3 N–H and O–H groups in total. The number of nitrogens with zero attached hydrogens (tertiary/aromatic N) is 1. The van der Waals surface area contributed by atoms with Gasteiger partial charge in [-0.25, -0.2) is 9.55 Å². The summed E-state index contributed by atoms with van der Waals surface area (Å²) in [5.74, 6) is 0. The van der Waals surface area contributed by atoms with Crippen molar-refractivity contribution in [1.29, 1.82) is 0 Å². The van der Waals surface area contributed by atoms with Crippen LogP contribution in [0, 0.1) is 6.92 Å². The third kappa shape index (κ3) is 11.4. The van der Waals surface area contributed by atoms with E-state index in [1.807, 2.05) is 24.0 Å². The quantitative estimate of drug-likeness (QED) is 0.484. The van der Waals surface area contributed by atoms with Crippen LogP contribution < -0.4 is 10.3 Å². The average molecular weight is 285 g/mol. The van der Waals surface area contributed by atoms with Crippen molar-refractivity contribution in [3.8, 4) is 0 Å². The molecule has 1 aromatic rings. The number of hydrogen-bond acceptors (Lipinski definition) is 1. The van der Waals surface area contributed by atoms with Gasteiger partial charge in [0.25, 0.3) is 0 Å². The van der Waals surface area contributed by atoms with Crippen LogP contribution in [0.4, 0.5) is 25.2 Å². The van der Waals surface area contributed by atoms with E-state index >= 15 is 0 Å². The van der Waals surface area contributed by atoms with Crippen LogP contribution in [-0.2, 0) is 0 Å². The summed E-state index contributed by atoms with van der Waals surface area (Å²) >= 11 is 0. The van der Waals surface area contributed by atoms with Gasteiger partial charge >= 0.3 is 33.0 Å². The Morgan fingerprint density at radius 2 is 1.71 bits per heavy atom. The van der Waals surface area contributed by atoms with Gasteiger partial charge in [-0.05, 0) is 6.42 Å². The fourth-order valence-electron chi connectivity index (χ4n) is 0.969. The molecule has 1 heterocycles. The van der Waals surface area contributed by atoms with Crippen LogP contribution in [0.25, 0.3) is 0 Å². The molecule has 0 aliphatic carbocycles. The van der Waals surface area contributed by atoms with Gasteiger partial charge in [-0.1, -0.05) is 6.92 Å². The summed E-state index contributed by atoms with van der Waals surface area (Å²) in [6, 6.07) is 0. The molecule has 0 aliphatic rings. The third-order valence-corrected chi connectivity index (χ3v) is 1.69. The van der Waals surface area contributed by atoms with Crippen LogP contribution in [0.1, 0.15) is 25.2 Å². The van der Waals surface area contributed by atoms with Crippen LogP contribution in [0.3, 0.4) is 0 Å². The third-order valence-electron chi connectivity index (χ3n) is 1.69. The van der Waals surface area contributed by atoms with E-state index < -0.39 is 7.81 Å². The Labute approximate surface area is 93.9 Å². The summed E-state index contributed by atoms with van der Waals surface area (Å²) in [6.45, 7) is 4.11. The van der Waals surface area contributed by atoms with Crippen LogP contribution >= 0.6 is 7.81 Å². The van der Waals surface area contributed by atoms with Crippen LogP contribution in [0.2, 0.25) is 0 Å². The summed E-state index contributed by atoms with van der Waals surface area (Å²) in [5, 5.41) is 0. The van der Waals surface area contributed by atoms with Crippen molar-refractivity contribution >= 4 is 7.81 Å². The van der Waals surface area contributed by atoms with Gasteiger partial charge in [0.05, 0.1) is 0 Å². The van der Waals surface area contributed by atoms with Crippen molar-refractivity contribution in [3.05, 3.63) is 18.2 Å². The fourth-order valence-corrected chi connectivity index (χ4v) is 0.969. The minimum absolute atomic E-state index is 0.117.